The lowest BCUT2D eigenvalue weighted by Crippen LogP contribution is -2.52. The van der Waals surface area contributed by atoms with Gasteiger partial charge in [0.25, 0.3) is 0 Å². The maximum Gasteiger partial charge on any atom is 0.701 e. The van der Waals surface area contributed by atoms with Gasteiger partial charge in [0.1, 0.15) is 0 Å². The normalized spacial score (nSPS) is 24.7. The molecule has 0 aromatic heterocycles. The molecule has 4 heterocycles. The van der Waals surface area contributed by atoms with Gasteiger partial charge in [0.05, 0.1) is 71.7 Å². The van der Waals surface area contributed by atoms with Crippen molar-refractivity contribution in [3.05, 3.63) is 35.4 Å². The molecule has 4 aliphatic rings. The van der Waals surface area contributed by atoms with Gasteiger partial charge in [-0.25, -0.2) is 0 Å². The minimum Gasteiger partial charge on any atom is -0.378 e. The van der Waals surface area contributed by atoms with E-state index in [4.69, 9.17) is 18.5 Å². The van der Waals surface area contributed by atoms with Crippen molar-refractivity contribution in [1.82, 2.24) is 0 Å². The van der Waals surface area contributed by atoms with Gasteiger partial charge in [0, 0.05) is 30.7 Å². The number of aliphatic hydroxyl groups excluding tert-OH is 4. The highest BCUT2D eigenvalue weighted by Gasteiger charge is 2.43. The Labute approximate surface area is 281 Å². The number of halogens is 6. The summed E-state index contributed by atoms with van der Waals surface area (Å²) in [6.07, 6.45) is -16.7. The minimum absolute atomic E-state index is 0.0219. The Bertz CT molecular complexity index is 1450. The van der Waals surface area contributed by atoms with Crippen molar-refractivity contribution in [3.63, 3.8) is 0 Å². The van der Waals surface area contributed by atoms with Gasteiger partial charge in [-0.05, 0) is 24.3 Å². The number of anilines is 6. The van der Waals surface area contributed by atoms with Crippen molar-refractivity contribution in [3.8, 4) is 0 Å². The number of hydrogen-bond acceptors (Lipinski definition) is 15. The van der Waals surface area contributed by atoms with E-state index in [9.17, 15) is 51.3 Å². The van der Waals surface area contributed by atoms with Crippen molar-refractivity contribution >= 4 is 42.4 Å². The van der Waals surface area contributed by atoms with Crippen LogP contribution in [-0.4, -0.2) is 111 Å². The highest BCUT2D eigenvalue weighted by Crippen LogP contribution is 2.47. The molecule has 276 valence electrons. The summed E-state index contributed by atoms with van der Waals surface area (Å²) in [5.41, 5.74) is -2.87. The molecular formula is C28H34F6N6O9P+. The van der Waals surface area contributed by atoms with Crippen LogP contribution in [0.25, 0.3) is 0 Å². The molecule has 2 aromatic rings. The molecule has 15 nitrogen and oxygen atoms in total. The zero-order valence-corrected chi connectivity index (χ0v) is 26.9. The second kappa shape index (κ2) is 14.3. The summed E-state index contributed by atoms with van der Waals surface area (Å²) in [4.78, 5) is 4.84. The van der Waals surface area contributed by atoms with Crippen LogP contribution >= 0.6 is 8.25 Å². The predicted molar refractivity (Wildman–Crippen MR) is 165 cm³/mol. The molecule has 6 rings (SSSR count). The number of alkyl halides is 6. The topological polar surface area (TPSA) is 172 Å². The average Bonchev–Trinajstić information content (AvgIpc) is 3.07. The number of nitrogens with one attached hydrogen (secondary N) is 2. The summed E-state index contributed by atoms with van der Waals surface area (Å²) in [6.45, 7) is -0.212. The van der Waals surface area contributed by atoms with Gasteiger partial charge in [-0.15, -0.1) is 0 Å². The van der Waals surface area contributed by atoms with E-state index in [1.54, 1.807) is 0 Å². The number of fused-ring (bicyclic) bond motifs is 2. The molecule has 2 aromatic carbocycles. The lowest BCUT2D eigenvalue weighted by atomic mass is 10.0. The number of ether oxygens (including phenoxy) is 2. The zero-order valence-electron chi connectivity index (χ0n) is 26.0. The molecule has 0 aliphatic carbocycles. The van der Waals surface area contributed by atoms with Crippen LogP contribution in [0.2, 0.25) is 0 Å². The lowest BCUT2D eigenvalue weighted by Gasteiger charge is -2.40. The monoisotopic (exact) mass is 743 g/mol. The Kier molecular flexibility index (Phi) is 10.4. The molecule has 6 N–H and O–H groups in total. The van der Waals surface area contributed by atoms with E-state index < -0.39 is 70.1 Å². The third-order valence-electron chi connectivity index (χ3n) is 8.58. The van der Waals surface area contributed by atoms with Gasteiger partial charge < -0.3 is 60.1 Å². The molecule has 0 bridgehead atoms. The lowest BCUT2D eigenvalue weighted by molar-refractivity contribution is -0.138. The van der Waals surface area contributed by atoms with Crippen molar-refractivity contribution in [2.45, 2.75) is 37.3 Å². The molecule has 2 fully saturated rings. The fourth-order valence-electron chi connectivity index (χ4n) is 6.09. The number of rotatable bonds is 8. The first-order valence-electron chi connectivity index (χ1n) is 15.3. The van der Waals surface area contributed by atoms with E-state index >= 15 is 0 Å². The van der Waals surface area contributed by atoms with E-state index in [1.807, 2.05) is 0 Å². The van der Waals surface area contributed by atoms with Crippen LogP contribution in [0.3, 0.4) is 0 Å². The van der Waals surface area contributed by atoms with Crippen LogP contribution in [0, 0.1) is 0 Å². The van der Waals surface area contributed by atoms with Crippen LogP contribution in [0.5, 0.6) is 0 Å². The predicted octanol–water partition coefficient (Wildman–Crippen LogP) is 2.44. The molecule has 0 radical (unpaired) electrons. The summed E-state index contributed by atoms with van der Waals surface area (Å²) >= 11 is 0. The Hall–Kier alpha value is -3.40. The smallest absolute Gasteiger partial charge is 0.378 e. The van der Waals surface area contributed by atoms with Crippen molar-refractivity contribution in [1.29, 1.82) is 0 Å². The molecule has 4 atom stereocenters. The van der Waals surface area contributed by atoms with Gasteiger partial charge in [0.2, 0.25) is 0 Å². The number of aliphatic hydroxyl groups is 4. The number of benzene rings is 2. The van der Waals surface area contributed by atoms with Crippen molar-refractivity contribution < 1.29 is 69.9 Å². The van der Waals surface area contributed by atoms with E-state index in [1.165, 1.54) is 9.80 Å². The second-order valence-electron chi connectivity index (χ2n) is 11.7. The first-order valence-corrected chi connectivity index (χ1v) is 16.4. The highest BCUT2D eigenvalue weighted by atomic mass is 31.1. The maximum absolute atomic E-state index is 14.1. The number of hydrogen-bond donors (Lipinski definition) is 6. The average molecular weight is 744 g/mol. The van der Waals surface area contributed by atoms with E-state index in [2.05, 4.69) is 10.6 Å². The Morgan fingerprint density at radius 3 is 1.36 bits per heavy atom. The van der Waals surface area contributed by atoms with Crippen LogP contribution < -0.4 is 30.2 Å². The highest BCUT2D eigenvalue weighted by molar-refractivity contribution is 7.33. The maximum atomic E-state index is 14.1. The Morgan fingerprint density at radius 2 is 1.02 bits per heavy atom. The molecule has 50 heavy (non-hydrogen) atoms. The Balaban J connectivity index is 1.21. The van der Waals surface area contributed by atoms with E-state index in [0.717, 1.165) is 34.1 Å². The summed E-state index contributed by atoms with van der Waals surface area (Å²) in [5, 5.41) is 47.0. The summed E-state index contributed by atoms with van der Waals surface area (Å²) in [5.74, 6) is 0. The van der Waals surface area contributed by atoms with Crippen LogP contribution in [-0.2, 0) is 35.4 Å². The minimum atomic E-state index is -4.78. The second-order valence-corrected chi connectivity index (χ2v) is 12.6. The summed E-state index contributed by atoms with van der Waals surface area (Å²) < 4.78 is 118. The van der Waals surface area contributed by atoms with Gasteiger partial charge in [-0.2, -0.15) is 26.3 Å². The molecule has 4 aliphatic heterocycles. The first-order chi connectivity index (χ1) is 23.6. The number of morpholine rings is 2. The van der Waals surface area contributed by atoms with Gasteiger partial charge >= 0.3 is 20.6 Å². The van der Waals surface area contributed by atoms with Crippen LogP contribution in [0.15, 0.2) is 24.3 Å². The Morgan fingerprint density at radius 1 is 0.660 bits per heavy atom. The third kappa shape index (κ3) is 7.46. The molecule has 2 saturated heterocycles. The number of nitrogens with zero attached hydrogens (tertiary/aromatic N) is 4. The SMILES string of the molecule is O=[P+](OCN1c2cc(N3CCOCC3)c(C(F)(F)F)cc2NC(O)C1O)OCN1c2cc(N3CCOCC3)c(C(F)(F)F)cc2NC(O)C1O. The quantitative estimate of drug-likeness (QED) is 0.172. The first kappa shape index (κ1) is 36.4. The molecule has 4 unspecified atom stereocenters. The molecule has 22 heteroatoms. The molecule has 0 amide bonds. The fraction of sp³-hybridized carbons (Fsp3) is 0.571. The van der Waals surface area contributed by atoms with Gasteiger partial charge in [-0.1, -0.05) is 9.05 Å². The van der Waals surface area contributed by atoms with Gasteiger partial charge in [0.15, 0.2) is 38.4 Å². The standard InChI is InChI=1S/C28H34F6N6O9P/c29-27(30,31)15-9-17-21(11-19(15)37-1-5-46-6-2-37)39(25(43)23(41)35-17)13-48-50(45)49-14-40-22-12-20(38-3-7-47-8-4-38)16(28(32,33)34)10-18(22)36-24(42)26(40)44/h9-12,23-26,35-36,41-44H,1-8,13-14H2/q+1. The largest absolute Gasteiger partial charge is 0.701 e. The van der Waals surface area contributed by atoms with Crippen LogP contribution in [0.1, 0.15) is 11.1 Å². The fourth-order valence-corrected chi connectivity index (χ4v) is 6.60. The van der Waals surface area contributed by atoms with Crippen molar-refractivity contribution in [2.24, 2.45) is 0 Å². The molecule has 0 spiro atoms. The van der Waals surface area contributed by atoms with Gasteiger partial charge in [-0.3, -0.25) is 0 Å². The zero-order chi connectivity index (χ0) is 36.0. The van der Waals surface area contributed by atoms with Crippen molar-refractivity contribution in [2.75, 3.05) is 96.3 Å². The van der Waals surface area contributed by atoms with Crippen LogP contribution in [0.4, 0.5) is 60.5 Å². The summed E-state index contributed by atoms with van der Waals surface area (Å²) in [7, 11) is -3.14. The van der Waals surface area contributed by atoms with E-state index in [0.29, 0.717) is 0 Å². The third-order valence-corrected chi connectivity index (χ3v) is 9.23. The summed E-state index contributed by atoms with van der Waals surface area (Å²) in [6, 6.07) is 3.87. The molecular weight excluding hydrogens is 709 g/mol. The molecule has 0 saturated carbocycles. The van der Waals surface area contributed by atoms with E-state index in [-0.39, 0.29) is 86.7 Å².